The normalized spacial score (nSPS) is 9.67. The first-order valence-corrected chi connectivity index (χ1v) is 6.68. The van der Waals surface area contributed by atoms with E-state index in [1.165, 1.54) is 30.3 Å². The van der Waals surface area contributed by atoms with E-state index >= 15 is 0 Å². The smallest absolute Gasteiger partial charge is 0.317 e. The van der Waals surface area contributed by atoms with Crippen LogP contribution in [0.5, 0.6) is 0 Å². The lowest BCUT2D eigenvalue weighted by atomic mass is 10.2. The predicted octanol–water partition coefficient (Wildman–Crippen LogP) is 0.994. The van der Waals surface area contributed by atoms with Crippen LogP contribution in [0, 0.1) is 10.1 Å². The third-order valence-corrected chi connectivity index (χ3v) is 2.85. The molecule has 2 aromatic carbocycles. The number of hydrogen-bond acceptors (Lipinski definition) is 5. The van der Waals surface area contributed by atoms with Crippen molar-refractivity contribution in [3.05, 3.63) is 70.3 Å². The molecule has 0 radical (unpaired) electrons. The molecule has 0 aromatic heterocycles. The summed E-state index contributed by atoms with van der Waals surface area (Å²) in [5.74, 6) is -2.79. The van der Waals surface area contributed by atoms with Gasteiger partial charge in [0.1, 0.15) is 0 Å². The number of non-ortho nitro benzene ring substituents is 1. The molecular weight excluding hydrogens is 316 g/mol. The van der Waals surface area contributed by atoms with Crippen LogP contribution >= 0.6 is 0 Å². The lowest BCUT2D eigenvalue weighted by molar-refractivity contribution is -0.384. The molecule has 0 heterocycles. The Morgan fingerprint density at radius 2 is 1.58 bits per heavy atom. The summed E-state index contributed by atoms with van der Waals surface area (Å²) in [7, 11) is 0. The number of rotatable bonds is 3. The fourth-order valence-electron chi connectivity index (χ4n) is 1.72. The van der Waals surface area contributed by atoms with E-state index in [2.05, 4.69) is 10.7 Å². The first-order valence-electron chi connectivity index (χ1n) is 6.68. The van der Waals surface area contributed by atoms with Crippen LogP contribution in [0.2, 0.25) is 0 Å². The van der Waals surface area contributed by atoms with Crippen molar-refractivity contribution in [2.75, 3.05) is 5.32 Å². The third kappa shape index (κ3) is 4.37. The second kappa shape index (κ2) is 7.49. The molecule has 9 nitrogen and oxygen atoms in total. The van der Waals surface area contributed by atoms with Crippen molar-refractivity contribution in [3.8, 4) is 0 Å². The Morgan fingerprint density at radius 3 is 2.25 bits per heavy atom. The zero-order chi connectivity index (χ0) is 17.5. The minimum absolute atomic E-state index is 0.0822. The highest BCUT2D eigenvalue weighted by atomic mass is 16.6. The number of nitro groups is 1. The maximum atomic E-state index is 11.7. The van der Waals surface area contributed by atoms with Crippen molar-refractivity contribution in [2.45, 2.75) is 0 Å². The van der Waals surface area contributed by atoms with Crippen LogP contribution < -0.4 is 16.2 Å². The van der Waals surface area contributed by atoms with Crippen molar-refractivity contribution in [3.63, 3.8) is 0 Å². The average Bonchev–Trinajstić information content (AvgIpc) is 2.60. The van der Waals surface area contributed by atoms with E-state index in [0.29, 0.717) is 5.56 Å². The fraction of sp³-hybridized carbons (Fsp3) is 0. The van der Waals surface area contributed by atoms with Gasteiger partial charge in [0.25, 0.3) is 11.6 Å². The highest BCUT2D eigenvalue weighted by Crippen LogP contribution is 2.16. The first kappa shape index (κ1) is 16.6. The molecule has 0 aliphatic heterocycles. The molecule has 2 aromatic rings. The Morgan fingerprint density at radius 1 is 0.875 bits per heavy atom. The van der Waals surface area contributed by atoms with Crippen molar-refractivity contribution in [2.24, 2.45) is 0 Å². The molecule has 0 saturated heterocycles. The average molecular weight is 328 g/mol. The van der Waals surface area contributed by atoms with Gasteiger partial charge in [-0.1, -0.05) is 24.3 Å². The number of carbonyl (C=O) groups excluding carboxylic acids is 3. The molecule has 2 rings (SSSR count). The van der Waals surface area contributed by atoms with Crippen LogP contribution in [0.15, 0.2) is 54.6 Å². The van der Waals surface area contributed by atoms with E-state index in [-0.39, 0.29) is 11.4 Å². The Kier molecular flexibility index (Phi) is 5.19. The van der Waals surface area contributed by atoms with Crippen LogP contribution in [0.3, 0.4) is 0 Å². The van der Waals surface area contributed by atoms with Gasteiger partial charge in [-0.05, 0) is 18.2 Å². The lowest BCUT2D eigenvalue weighted by Gasteiger charge is -2.08. The first-order chi connectivity index (χ1) is 11.5. The Labute approximate surface area is 135 Å². The molecule has 122 valence electrons. The van der Waals surface area contributed by atoms with E-state index in [0.717, 1.165) is 6.07 Å². The monoisotopic (exact) mass is 328 g/mol. The Hall–Kier alpha value is -3.75. The van der Waals surface area contributed by atoms with Crippen molar-refractivity contribution in [1.82, 2.24) is 10.9 Å². The number of anilines is 1. The van der Waals surface area contributed by atoms with E-state index in [1.54, 1.807) is 18.2 Å². The number of hydrogen-bond donors (Lipinski definition) is 3. The van der Waals surface area contributed by atoms with Gasteiger partial charge in [0, 0.05) is 23.4 Å². The minimum atomic E-state index is -1.12. The molecule has 0 aliphatic rings. The SMILES string of the molecule is O=C(NNC(=O)c1ccccc1)C(=O)Nc1cccc([N+](=O)[O-])c1. The molecule has 0 bridgehead atoms. The molecule has 0 unspecified atom stereocenters. The molecule has 0 fully saturated rings. The van der Waals surface area contributed by atoms with Crippen molar-refractivity contribution >= 4 is 29.1 Å². The third-order valence-electron chi connectivity index (χ3n) is 2.85. The molecule has 3 amide bonds. The quantitative estimate of drug-likeness (QED) is 0.439. The second-order valence-corrected chi connectivity index (χ2v) is 4.54. The van der Waals surface area contributed by atoms with E-state index in [1.807, 2.05) is 5.43 Å². The number of nitro benzene ring substituents is 1. The maximum Gasteiger partial charge on any atom is 0.328 e. The number of amides is 3. The van der Waals surface area contributed by atoms with Crippen LogP contribution in [0.25, 0.3) is 0 Å². The molecule has 3 N–H and O–H groups in total. The number of benzene rings is 2. The molecule has 24 heavy (non-hydrogen) atoms. The number of hydrazine groups is 1. The van der Waals surface area contributed by atoms with E-state index in [9.17, 15) is 24.5 Å². The van der Waals surface area contributed by atoms with E-state index in [4.69, 9.17) is 0 Å². The highest BCUT2D eigenvalue weighted by molar-refractivity contribution is 6.39. The fourth-order valence-corrected chi connectivity index (χ4v) is 1.72. The van der Waals surface area contributed by atoms with Crippen molar-refractivity contribution < 1.29 is 19.3 Å². The Bertz CT molecular complexity index is 791. The summed E-state index contributed by atoms with van der Waals surface area (Å²) in [6.45, 7) is 0. The molecule has 0 saturated carbocycles. The summed E-state index contributed by atoms with van der Waals surface area (Å²) >= 11 is 0. The van der Waals surface area contributed by atoms with Gasteiger partial charge in [-0.15, -0.1) is 0 Å². The molecule has 9 heteroatoms. The summed E-state index contributed by atoms with van der Waals surface area (Å²) in [4.78, 5) is 45.1. The zero-order valence-electron chi connectivity index (χ0n) is 12.2. The minimum Gasteiger partial charge on any atom is -0.317 e. The topological polar surface area (TPSA) is 130 Å². The molecule has 0 aliphatic carbocycles. The molecular formula is C15H12N4O5. The van der Waals surface area contributed by atoms with Gasteiger partial charge in [0.15, 0.2) is 0 Å². The largest absolute Gasteiger partial charge is 0.328 e. The van der Waals surface area contributed by atoms with Gasteiger partial charge in [-0.2, -0.15) is 0 Å². The summed E-state index contributed by atoms with van der Waals surface area (Å²) in [5.41, 5.74) is 4.20. The van der Waals surface area contributed by atoms with Gasteiger partial charge in [-0.3, -0.25) is 35.3 Å². The van der Waals surface area contributed by atoms with Gasteiger partial charge < -0.3 is 5.32 Å². The predicted molar refractivity (Wildman–Crippen MR) is 83.8 cm³/mol. The second-order valence-electron chi connectivity index (χ2n) is 4.54. The van der Waals surface area contributed by atoms with E-state index < -0.39 is 22.6 Å². The summed E-state index contributed by atoms with van der Waals surface area (Å²) in [6.07, 6.45) is 0. The van der Waals surface area contributed by atoms with Gasteiger partial charge in [0.2, 0.25) is 0 Å². The van der Waals surface area contributed by atoms with Crippen LogP contribution in [-0.4, -0.2) is 22.6 Å². The number of nitrogens with one attached hydrogen (secondary N) is 3. The number of nitrogens with zero attached hydrogens (tertiary/aromatic N) is 1. The van der Waals surface area contributed by atoms with Gasteiger partial charge in [-0.25, -0.2) is 0 Å². The van der Waals surface area contributed by atoms with Gasteiger partial charge in [0.05, 0.1) is 4.92 Å². The van der Waals surface area contributed by atoms with Crippen molar-refractivity contribution in [1.29, 1.82) is 0 Å². The van der Waals surface area contributed by atoms with Gasteiger partial charge >= 0.3 is 11.8 Å². The summed E-state index contributed by atoms with van der Waals surface area (Å²) < 4.78 is 0. The van der Waals surface area contributed by atoms with Crippen LogP contribution in [0.4, 0.5) is 11.4 Å². The Balaban J connectivity index is 1.91. The lowest BCUT2D eigenvalue weighted by Crippen LogP contribution is -2.46. The van der Waals surface area contributed by atoms with Crippen LogP contribution in [-0.2, 0) is 9.59 Å². The molecule has 0 spiro atoms. The standard InChI is InChI=1S/C15H12N4O5/c20-13(10-5-2-1-3-6-10)17-18-15(22)14(21)16-11-7-4-8-12(9-11)19(23)24/h1-9H,(H,16,21)(H,17,20)(H,18,22). The molecule has 0 atom stereocenters. The maximum absolute atomic E-state index is 11.7. The van der Waals surface area contributed by atoms with Crippen LogP contribution in [0.1, 0.15) is 10.4 Å². The zero-order valence-corrected chi connectivity index (χ0v) is 12.2. The summed E-state index contributed by atoms with van der Waals surface area (Å²) in [6, 6.07) is 13.2. The summed E-state index contributed by atoms with van der Waals surface area (Å²) in [5, 5.41) is 12.8. The number of carbonyl (C=O) groups is 3. The highest BCUT2D eigenvalue weighted by Gasteiger charge is 2.16.